The summed E-state index contributed by atoms with van der Waals surface area (Å²) in [4.78, 5) is 26.1. The van der Waals surface area contributed by atoms with E-state index in [1.807, 2.05) is 43.3 Å². The lowest BCUT2D eigenvalue weighted by Gasteiger charge is -2.17. The minimum atomic E-state index is -0.264. The van der Waals surface area contributed by atoms with Gasteiger partial charge in [0.15, 0.2) is 18.1 Å². The SMILES string of the molecule is COc1ccccc1OCC(=O)N[C@@H]1CC(=O)N(c2ccc(C)cc2)C1. The molecule has 1 fully saturated rings. The van der Waals surface area contributed by atoms with E-state index in [1.54, 1.807) is 24.1 Å². The standard InChI is InChI=1S/C20H22N2O4/c1-14-7-9-16(10-8-14)22-12-15(11-20(22)24)21-19(23)13-26-18-6-4-3-5-17(18)25-2/h3-10,15H,11-13H2,1-2H3,(H,21,23)/t15-/m1/s1. The molecule has 2 aromatic carbocycles. The van der Waals surface area contributed by atoms with E-state index in [0.717, 1.165) is 11.3 Å². The van der Waals surface area contributed by atoms with Gasteiger partial charge >= 0.3 is 0 Å². The zero-order valence-electron chi connectivity index (χ0n) is 14.9. The number of para-hydroxylation sites is 2. The van der Waals surface area contributed by atoms with E-state index in [0.29, 0.717) is 18.0 Å². The zero-order chi connectivity index (χ0) is 18.5. The summed E-state index contributed by atoms with van der Waals surface area (Å²) in [5.74, 6) is 0.820. The van der Waals surface area contributed by atoms with Crippen molar-refractivity contribution in [3.8, 4) is 11.5 Å². The number of carbonyl (C=O) groups excluding carboxylic acids is 2. The molecule has 3 rings (SSSR count). The van der Waals surface area contributed by atoms with Gasteiger partial charge in [0.2, 0.25) is 5.91 Å². The van der Waals surface area contributed by atoms with Gasteiger partial charge in [-0.1, -0.05) is 29.8 Å². The van der Waals surface area contributed by atoms with Gasteiger partial charge < -0.3 is 19.7 Å². The maximum absolute atomic E-state index is 12.2. The molecule has 0 radical (unpaired) electrons. The second-order valence-electron chi connectivity index (χ2n) is 6.25. The fourth-order valence-corrected chi connectivity index (χ4v) is 2.93. The fraction of sp³-hybridized carbons (Fsp3) is 0.300. The monoisotopic (exact) mass is 354 g/mol. The average molecular weight is 354 g/mol. The molecule has 1 aliphatic rings. The van der Waals surface area contributed by atoms with E-state index in [-0.39, 0.29) is 30.9 Å². The van der Waals surface area contributed by atoms with Crippen molar-refractivity contribution in [1.29, 1.82) is 0 Å². The van der Waals surface area contributed by atoms with Gasteiger partial charge in [0.05, 0.1) is 13.2 Å². The molecule has 6 nitrogen and oxygen atoms in total. The van der Waals surface area contributed by atoms with Crippen LogP contribution in [0.25, 0.3) is 0 Å². The van der Waals surface area contributed by atoms with Crippen molar-refractivity contribution in [2.75, 3.05) is 25.2 Å². The van der Waals surface area contributed by atoms with Crippen molar-refractivity contribution in [3.63, 3.8) is 0 Å². The summed E-state index contributed by atoms with van der Waals surface area (Å²) >= 11 is 0. The number of nitrogens with zero attached hydrogens (tertiary/aromatic N) is 1. The Morgan fingerprint density at radius 2 is 1.85 bits per heavy atom. The van der Waals surface area contributed by atoms with E-state index in [4.69, 9.17) is 9.47 Å². The topological polar surface area (TPSA) is 67.9 Å². The molecule has 0 spiro atoms. The van der Waals surface area contributed by atoms with E-state index >= 15 is 0 Å². The predicted octanol–water partition coefficient (Wildman–Crippen LogP) is 2.30. The number of methoxy groups -OCH3 is 1. The lowest BCUT2D eigenvalue weighted by atomic mass is 10.2. The largest absolute Gasteiger partial charge is 0.493 e. The van der Waals surface area contributed by atoms with Crippen LogP contribution in [0.5, 0.6) is 11.5 Å². The number of carbonyl (C=O) groups is 2. The van der Waals surface area contributed by atoms with Gasteiger partial charge in [-0.05, 0) is 31.2 Å². The van der Waals surface area contributed by atoms with Crippen LogP contribution in [0.15, 0.2) is 48.5 Å². The van der Waals surface area contributed by atoms with Crippen molar-refractivity contribution in [1.82, 2.24) is 5.32 Å². The molecule has 26 heavy (non-hydrogen) atoms. The van der Waals surface area contributed by atoms with Crippen LogP contribution < -0.4 is 19.7 Å². The molecule has 1 aliphatic heterocycles. The van der Waals surface area contributed by atoms with Gasteiger partial charge in [0.25, 0.3) is 5.91 Å². The Balaban J connectivity index is 1.53. The average Bonchev–Trinajstić information content (AvgIpc) is 3.01. The molecule has 136 valence electrons. The summed E-state index contributed by atoms with van der Waals surface area (Å²) < 4.78 is 10.7. The van der Waals surface area contributed by atoms with Crippen LogP contribution in [-0.4, -0.2) is 38.1 Å². The number of rotatable bonds is 6. The molecule has 2 amide bonds. The highest BCUT2D eigenvalue weighted by Crippen LogP contribution is 2.25. The number of hydrogen-bond donors (Lipinski definition) is 1. The minimum Gasteiger partial charge on any atom is -0.493 e. The maximum Gasteiger partial charge on any atom is 0.258 e. The number of anilines is 1. The van der Waals surface area contributed by atoms with Crippen LogP contribution in [0.2, 0.25) is 0 Å². The summed E-state index contributed by atoms with van der Waals surface area (Å²) in [6, 6.07) is 14.7. The van der Waals surface area contributed by atoms with Gasteiger partial charge in [-0.2, -0.15) is 0 Å². The Kier molecular flexibility index (Phi) is 5.41. The highest BCUT2D eigenvalue weighted by atomic mass is 16.5. The Morgan fingerprint density at radius 1 is 1.15 bits per heavy atom. The van der Waals surface area contributed by atoms with E-state index in [2.05, 4.69) is 5.32 Å². The molecular formula is C20H22N2O4. The normalized spacial score (nSPS) is 16.5. The molecule has 1 heterocycles. The second-order valence-corrected chi connectivity index (χ2v) is 6.25. The summed E-state index contributed by atoms with van der Waals surface area (Å²) in [5, 5.41) is 2.86. The summed E-state index contributed by atoms with van der Waals surface area (Å²) in [6.07, 6.45) is 0.286. The summed E-state index contributed by atoms with van der Waals surface area (Å²) in [7, 11) is 1.55. The molecule has 2 aromatic rings. The first-order valence-electron chi connectivity index (χ1n) is 8.49. The first-order valence-corrected chi connectivity index (χ1v) is 8.49. The third kappa shape index (κ3) is 4.14. The lowest BCUT2D eigenvalue weighted by Crippen LogP contribution is -2.39. The molecule has 0 aliphatic carbocycles. The quantitative estimate of drug-likeness (QED) is 0.864. The molecule has 1 N–H and O–H groups in total. The molecular weight excluding hydrogens is 332 g/mol. The molecule has 6 heteroatoms. The van der Waals surface area contributed by atoms with E-state index in [9.17, 15) is 9.59 Å². The van der Waals surface area contributed by atoms with Gasteiger partial charge in [-0.15, -0.1) is 0 Å². The zero-order valence-corrected chi connectivity index (χ0v) is 14.9. The second kappa shape index (κ2) is 7.91. The number of nitrogens with one attached hydrogen (secondary N) is 1. The van der Waals surface area contributed by atoms with Crippen LogP contribution in [0.3, 0.4) is 0 Å². The molecule has 0 unspecified atom stereocenters. The number of benzene rings is 2. The number of amides is 2. The third-order valence-electron chi connectivity index (χ3n) is 4.26. The van der Waals surface area contributed by atoms with Gasteiger partial charge in [-0.25, -0.2) is 0 Å². The van der Waals surface area contributed by atoms with E-state index < -0.39 is 0 Å². The van der Waals surface area contributed by atoms with Crippen molar-refractivity contribution in [2.24, 2.45) is 0 Å². The van der Waals surface area contributed by atoms with Crippen LogP contribution in [0.4, 0.5) is 5.69 Å². The summed E-state index contributed by atoms with van der Waals surface area (Å²) in [5.41, 5.74) is 1.99. The predicted molar refractivity (Wildman–Crippen MR) is 98.6 cm³/mol. The molecule has 1 saturated heterocycles. The molecule has 1 atom stereocenters. The van der Waals surface area contributed by atoms with E-state index in [1.165, 1.54) is 0 Å². The molecule has 0 saturated carbocycles. The van der Waals surface area contributed by atoms with Crippen molar-refractivity contribution < 1.29 is 19.1 Å². The van der Waals surface area contributed by atoms with Crippen molar-refractivity contribution in [2.45, 2.75) is 19.4 Å². The van der Waals surface area contributed by atoms with Gasteiger partial charge in [0, 0.05) is 18.7 Å². The smallest absolute Gasteiger partial charge is 0.258 e. The number of hydrogen-bond acceptors (Lipinski definition) is 4. The highest BCUT2D eigenvalue weighted by Gasteiger charge is 2.31. The third-order valence-corrected chi connectivity index (χ3v) is 4.26. The van der Waals surface area contributed by atoms with Crippen LogP contribution in [0, 0.1) is 6.92 Å². The number of ether oxygens (including phenoxy) is 2. The first kappa shape index (κ1) is 17.8. The summed E-state index contributed by atoms with van der Waals surface area (Å²) in [6.45, 7) is 2.33. The van der Waals surface area contributed by atoms with Crippen molar-refractivity contribution in [3.05, 3.63) is 54.1 Å². The Labute approximate surface area is 152 Å². The maximum atomic E-state index is 12.2. The lowest BCUT2D eigenvalue weighted by molar-refractivity contribution is -0.123. The van der Waals surface area contributed by atoms with Crippen LogP contribution in [-0.2, 0) is 9.59 Å². The number of aryl methyl sites for hydroxylation is 1. The minimum absolute atomic E-state index is 0.00444. The highest BCUT2D eigenvalue weighted by molar-refractivity contribution is 5.96. The Bertz CT molecular complexity index is 789. The van der Waals surface area contributed by atoms with Gasteiger partial charge in [-0.3, -0.25) is 9.59 Å². The molecule has 0 aromatic heterocycles. The Morgan fingerprint density at radius 3 is 2.54 bits per heavy atom. The molecule has 0 bridgehead atoms. The fourth-order valence-electron chi connectivity index (χ4n) is 2.93. The first-order chi connectivity index (χ1) is 12.6. The van der Waals surface area contributed by atoms with Gasteiger partial charge in [0.1, 0.15) is 0 Å². The van der Waals surface area contributed by atoms with Crippen molar-refractivity contribution >= 4 is 17.5 Å². The Hall–Kier alpha value is -3.02. The van der Waals surface area contributed by atoms with Crippen LogP contribution in [0.1, 0.15) is 12.0 Å². The van der Waals surface area contributed by atoms with Crippen LogP contribution >= 0.6 is 0 Å².